The van der Waals surface area contributed by atoms with Gasteiger partial charge in [-0.3, -0.25) is 0 Å². The molecule has 25 heavy (non-hydrogen) atoms. The molecule has 0 atom stereocenters. The van der Waals surface area contributed by atoms with E-state index in [9.17, 15) is 4.79 Å². The van der Waals surface area contributed by atoms with Gasteiger partial charge in [-0.05, 0) is 40.2 Å². The van der Waals surface area contributed by atoms with Gasteiger partial charge in [-0.25, -0.2) is 14.8 Å². The number of anilines is 1. The Balaban J connectivity index is 1.79. The number of ether oxygens (including phenoxy) is 2. The molecule has 1 aromatic carbocycles. The third-order valence-corrected chi connectivity index (χ3v) is 4.20. The van der Waals surface area contributed by atoms with Gasteiger partial charge in [0.1, 0.15) is 16.1 Å². The summed E-state index contributed by atoms with van der Waals surface area (Å²) < 4.78 is 11.6. The van der Waals surface area contributed by atoms with Gasteiger partial charge in [-0.1, -0.05) is 0 Å². The summed E-state index contributed by atoms with van der Waals surface area (Å²) in [5.74, 6) is 2.30. The van der Waals surface area contributed by atoms with E-state index in [-0.39, 0.29) is 0 Å². The molecule has 1 aliphatic rings. The van der Waals surface area contributed by atoms with Crippen LogP contribution in [0.15, 0.2) is 35.1 Å². The second-order valence-corrected chi connectivity index (χ2v) is 6.17. The summed E-state index contributed by atoms with van der Waals surface area (Å²) in [5.41, 5.74) is 0. The maximum absolute atomic E-state index is 11.0. The van der Waals surface area contributed by atoms with Crippen LogP contribution in [0.25, 0.3) is 0 Å². The summed E-state index contributed by atoms with van der Waals surface area (Å²) in [6.07, 6.45) is 0.691. The number of nitrogens with zero attached hydrogens (tertiary/aromatic N) is 4. The lowest BCUT2D eigenvalue weighted by atomic mass is 10.3. The molecule has 0 saturated carbocycles. The predicted octanol–water partition coefficient (Wildman–Crippen LogP) is 2.84. The molecule has 8 nitrogen and oxygen atoms in total. The molecule has 132 valence electrons. The van der Waals surface area contributed by atoms with Crippen molar-refractivity contribution in [1.82, 2.24) is 14.9 Å². The van der Waals surface area contributed by atoms with Crippen LogP contribution in [-0.2, 0) is 0 Å². The molecular weight excluding hydrogens is 392 g/mol. The molecule has 1 amide bonds. The lowest BCUT2D eigenvalue weighted by Crippen LogP contribution is -2.48. The fourth-order valence-corrected chi connectivity index (χ4v) is 2.76. The van der Waals surface area contributed by atoms with Gasteiger partial charge in [0.05, 0.1) is 13.3 Å². The van der Waals surface area contributed by atoms with E-state index in [1.165, 1.54) is 4.90 Å². The van der Waals surface area contributed by atoms with Crippen molar-refractivity contribution in [2.75, 3.05) is 38.2 Å². The molecule has 0 spiro atoms. The Kier molecular flexibility index (Phi) is 5.22. The third kappa shape index (κ3) is 4.11. The Bertz CT molecular complexity index is 748. The van der Waals surface area contributed by atoms with Crippen LogP contribution in [0.1, 0.15) is 0 Å². The molecule has 1 aromatic heterocycles. The van der Waals surface area contributed by atoms with Crippen molar-refractivity contribution in [3.8, 4) is 17.4 Å². The molecule has 3 rings (SSSR count). The lowest BCUT2D eigenvalue weighted by molar-refractivity contribution is 0.142. The van der Waals surface area contributed by atoms with E-state index < -0.39 is 6.09 Å². The van der Waals surface area contributed by atoms with Crippen molar-refractivity contribution in [3.63, 3.8) is 0 Å². The zero-order valence-electron chi connectivity index (χ0n) is 13.6. The van der Waals surface area contributed by atoms with E-state index in [2.05, 4.69) is 25.9 Å². The summed E-state index contributed by atoms with van der Waals surface area (Å²) in [7, 11) is 1.60. The topological polar surface area (TPSA) is 88.0 Å². The van der Waals surface area contributed by atoms with Crippen molar-refractivity contribution < 1.29 is 19.4 Å². The van der Waals surface area contributed by atoms with Crippen LogP contribution < -0.4 is 14.4 Å². The Morgan fingerprint density at radius 2 is 1.80 bits per heavy atom. The fraction of sp³-hybridized carbons (Fsp3) is 0.312. The quantitative estimate of drug-likeness (QED) is 0.831. The van der Waals surface area contributed by atoms with Gasteiger partial charge in [0, 0.05) is 26.2 Å². The van der Waals surface area contributed by atoms with E-state index in [0.29, 0.717) is 48.2 Å². The Hall–Kier alpha value is -2.55. The van der Waals surface area contributed by atoms with E-state index in [0.717, 1.165) is 5.75 Å². The molecule has 2 aromatic rings. The molecular formula is C16H17BrN4O4. The average molecular weight is 409 g/mol. The van der Waals surface area contributed by atoms with Crippen LogP contribution in [0, 0.1) is 0 Å². The number of carboxylic acid groups (broad SMARTS) is 1. The highest BCUT2D eigenvalue weighted by atomic mass is 79.9. The van der Waals surface area contributed by atoms with Gasteiger partial charge in [-0.2, -0.15) is 0 Å². The number of aromatic nitrogens is 2. The molecule has 0 unspecified atom stereocenters. The SMILES string of the molecule is COc1ccc(Oc2nc(Br)cnc2N2CCN(C(=O)O)CC2)cc1. The molecule has 1 aliphatic heterocycles. The average Bonchev–Trinajstić information content (AvgIpc) is 2.63. The van der Waals surface area contributed by atoms with E-state index in [1.54, 1.807) is 37.6 Å². The second-order valence-electron chi connectivity index (χ2n) is 5.36. The zero-order chi connectivity index (χ0) is 17.8. The minimum atomic E-state index is -0.906. The number of piperazine rings is 1. The molecule has 1 fully saturated rings. The van der Waals surface area contributed by atoms with Crippen LogP contribution in [0.3, 0.4) is 0 Å². The zero-order valence-corrected chi connectivity index (χ0v) is 15.1. The van der Waals surface area contributed by atoms with Crippen LogP contribution in [0.4, 0.5) is 10.6 Å². The first kappa shape index (κ1) is 17.3. The van der Waals surface area contributed by atoms with Gasteiger partial charge in [0.25, 0.3) is 5.88 Å². The van der Waals surface area contributed by atoms with Crippen LogP contribution in [0.2, 0.25) is 0 Å². The number of benzene rings is 1. The molecule has 0 aliphatic carbocycles. The summed E-state index contributed by atoms with van der Waals surface area (Å²) in [6.45, 7) is 1.88. The van der Waals surface area contributed by atoms with Gasteiger partial charge < -0.3 is 24.4 Å². The highest BCUT2D eigenvalue weighted by molar-refractivity contribution is 9.10. The maximum atomic E-state index is 11.0. The summed E-state index contributed by atoms with van der Waals surface area (Å²) >= 11 is 3.31. The molecule has 2 heterocycles. The number of carbonyl (C=O) groups is 1. The van der Waals surface area contributed by atoms with Crippen molar-refractivity contribution >= 4 is 27.8 Å². The van der Waals surface area contributed by atoms with E-state index in [1.807, 2.05) is 4.90 Å². The largest absolute Gasteiger partial charge is 0.497 e. The summed E-state index contributed by atoms with van der Waals surface area (Å²) in [4.78, 5) is 23.2. The van der Waals surface area contributed by atoms with Crippen molar-refractivity contribution in [2.24, 2.45) is 0 Å². The number of hydrogen-bond donors (Lipinski definition) is 1. The van der Waals surface area contributed by atoms with Gasteiger partial charge in [0.15, 0.2) is 5.82 Å². The van der Waals surface area contributed by atoms with E-state index >= 15 is 0 Å². The highest BCUT2D eigenvalue weighted by Gasteiger charge is 2.24. The Morgan fingerprint density at radius 3 is 2.40 bits per heavy atom. The number of halogens is 1. The second kappa shape index (κ2) is 7.56. The minimum Gasteiger partial charge on any atom is -0.497 e. The van der Waals surface area contributed by atoms with Crippen molar-refractivity contribution in [2.45, 2.75) is 0 Å². The molecule has 1 saturated heterocycles. The first-order valence-electron chi connectivity index (χ1n) is 7.64. The molecule has 0 radical (unpaired) electrons. The standard InChI is InChI=1S/C16H17BrN4O4/c1-24-11-2-4-12(5-3-11)25-15-14(18-10-13(17)19-15)20-6-8-21(9-7-20)16(22)23/h2-5,10H,6-9H2,1H3,(H,22,23). The Morgan fingerprint density at radius 1 is 1.16 bits per heavy atom. The molecule has 9 heteroatoms. The lowest BCUT2D eigenvalue weighted by Gasteiger charge is -2.34. The maximum Gasteiger partial charge on any atom is 0.407 e. The van der Waals surface area contributed by atoms with Crippen molar-refractivity contribution in [3.05, 3.63) is 35.1 Å². The van der Waals surface area contributed by atoms with Crippen LogP contribution in [0.5, 0.6) is 17.4 Å². The first-order chi connectivity index (χ1) is 12.1. The van der Waals surface area contributed by atoms with Gasteiger partial charge in [0.2, 0.25) is 0 Å². The highest BCUT2D eigenvalue weighted by Crippen LogP contribution is 2.31. The number of amides is 1. The summed E-state index contributed by atoms with van der Waals surface area (Å²) in [5, 5.41) is 9.06. The minimum absolute atomic E-state index is 0.364. The Labute approximate surface area is 153 Å². The predicted molar refractivity (Wildman–Crippen MR) is 94.6 cm³/mol. The normalized spacial score (nSPS) is 14.3. The number of rotatable bonds is 4. The summed E-state index contributed by atoms with van der Waals surface area (Å²) in [6, 6.07) is 7.17. The number of methoxy groups -OCH3 is 1. The van der Waals surface area contributed by atoms with E-state index in [4.69, 9.17) is 14.6 Å². The molecule has 1 N–H and O–H groups in total. The van der Waals surface area contributed by atoms with Gasteiger partial charge in [-0.15, -0.1) is 0 Å². The first-order valence-corrected chi connectivity index (χ1v) is 8.43. The van der Waals surface area contributed by atoms with Crippen LogP contribution in [-0.4, -0.2) is 59.4 Å². The van der Waals surface area contributed by atoms with Crippen molar-refractivity contribution in [1.29, 1.82) is 0 Å². The number of hydrogen-bond acceptors (Lipinski definition) is 6. The molecule has 0 bridgehead atoms. The monoisotopic (exact) mass is 408 g/mol. The van der Waals surface area contributed by atoms with Gasteiger partial charge >= 0.3 is 6.09 Å². The third-order valence-electron chi connectivity index (χ3n) is 3.82. The smallest absolute Gasteiger partial charge is 0.407 e. The van der Waals surface area contributed by atoms with Crippen LogP contribution >= 0.6 is 15.9 Å². The fourth-order valence-electron chi connectivity index (χ4n) is 2.50.